The van der Waals surface area contributed by atoms with Crippen molar-refractivity contribution in [3.05, 3.63) is 72.4 Å². The number of esters is 3. The van der Waals surface area contributed by atoms with E-state index in [1.165, 1.54) is 44.3 Å². The highest BCUT2D eigenvalue weighted by Gasteiger charge is 2.75. The molecule has 9 atom stereocenters. The van der Waals surface area contributed by atoms with Gasteiger partial charge in [0.2, 0.25) is 5.78 Å². The van der Waals surface area contributed by atoms with Crippen LogP contribution in [0.4, 0.5) is 4.39 Å². The van der Waals surface area contributed by atoms with Crippen LogP contribution in [0.3, 0.4) is 0 Å². The molecule has 0 aliphatic heterocycles. The predicted octanol–water partition coefficient (Wildman–Crippen LogP) is 13.9. The van der Waals surface area contributed by atoms with Crippen LogP contribution in [0.5, 0.6) is 0 Å². The number of ether oxygens (including phenoxy) is 3. The van der Waals surface area contributed by atoms with E-state index < -0.39 is 70.3 Å². The van der Waals surface area contributed by atoms with Crippen molar-refractivity contribution >= 4 is 29.5 Å². The third-order valence-electron chi connectivity index (χ3n) is 16.8. The van der Waals surface area contributed by atoms with Crippen LogP contribution in [0.2, 0.25) is 0 Å². The van der Waals surface area contributed by atoms with Gasteiger partial charge < -0.3 is 24.4 Å². The summed E-state index contributed by atoms with van der Waals surface area (Å²) in [6.07, 6.45) is 44.7. The van der Waals surface area contributed by atoms with E-state index in [2.05, 4.69) is 62.5 Å². The SMILES string of the molecule is CC/C=C\C/C=C\C/C=C\CCCCCCCC(=O)O[C@@H](C/C=C\CCCCCCCCOC(=O)CCC(=O)OCC(=O)[C@@]1(O)[C@H](C)C[C@H]2[C@@H]3CCC4=CC(=O)C=C[C@]4(C)[C@@]3(F)[C@@H](O)C[C@@]21C)CCCCCC. The fourth-order valence-corrected chi connectivity index (χ4v) is 12.5. The second-order valence-corrected chi connectivity index (χ2v) is 22.2. The zero-order chi connectivity index (χ0) is 53.2. The lowest BCUT2D eigenvalue weighted by atomic mass is 9.44. The van der Waals surface area contributed by atoms with Crippen LogP contribution in [0.1, 0.15) is 221 Å². The number of allylic oxidation sites excluding steroid dienone is 11. The molecule has 0 bridgehead atoms. The molecule has 0 heterocycles. The Morgan fingerprint density at radius 1 is 0.740 bits per heavy atom. The molecule has 3 fully saturated rings. The van der Waals surface area contributed by atoms with Gasteiger partial charge in [0.1, 0.15) is 11.7 Å². The molecular formula is C62H95FO10. The molecule has 73 heavy (non-hydrogen) atoms. The molecule has 410 valence electrons. The fourth-order valence-electron chi connectivity index (χ4n) is 12.5. The Bertz CT molecular complexity index is 1930. The highest BCUT2D eigenvalue weighted by Crippen LogP contribution is 2.70. The second kappa shape index (κ2) is 31.8. The van der Waals surface area contributed by atoms with Crippen molar-refractivity contribution in [1.82, 2.24) is 0 Å². The van der Waals surface area contributed by atoms with E-state index >= 15 is 4.39 Å². The van der Waals surface area contributed by atoms with Gasteiger partial charge in [0.05, 0.1) is 25.6 Å². The number of aliphatic hydroxyl groups excluding tert-OH is 1. The van der Waals surface area contributed by atoms with Crippen molar-refractivity contribution in [3.8, 4) is 0 Å². The lowest BCUT2D eigenvalue weighted by Gasteiger charge is -2.62. The number of fused-ring (bicyclic) bond motifs is 5. The van der Waals surface area contributed by atoms with Crippen molar-refractivity contribution < 1.29 is 52.8 Å². The Hall–Kier alpha value is -3.96. The van der Waals surface area contributed by atoms with Crippen LogP contribution in [0.15, 0.2) is 72.4 Å². The van der Waals surface area contributed by atoms with Gasteiger partial charge in [-0.3, -0.25) is 24.0 Å². The van der Waals surface area contributed by atoms with Crippen LogP contribution < -0.4 is 0 Å². The van der Waals surface area contributed by atoms with Gasteiger partial charge in [-0.05, 0) is 127 Å². The average Bonchev–Trinajstić information content (AvgIpc) is 3.56. The van der Waals surface area contributed by atoms with Gasteiger partial charge in [-0.15, -0.1) is 0 Å². The standard InChI is InChI=1S/C62H95FO10/c1-6-8-10-12-13-14-15-16-17-18-19-22-25-28-32-36-58(69)73-51(34-30-11-9-7-2)35-31-27-24-21-20-23-26-29-33-43-71-56(67)39-40-57(68)72-47-55(66)62(70)48(3)44-53-52-38-37-49-45-50(64)41-42-59(49,4)61(52,63)54(65)46-60(53,62)5/h8,10,13-14,16-17,27,31,41-42,45,48,51-54,65,70H,6-7,9,11-12,15,18-26,28-30,32-40,43-44,46-47H2,1-5H3/b10-8-,14-13-,17-16-,31-27-/t48-,51-,52+,53+,54+,59+,60+,61+,62+/m1/s1. The van der Waals surface area contributed by atoms with Crippen LogP contribution in [0, 0.1) is 28.6 Å². The first-order valence-corrected chi connectivity index (χ1v) is 28.8. The summed E-state index contributed by atoms with van der Waals surface area (Å²) in [7, 11) is 0. The summed E-state index contributed by atoms with van der Waals surface area (Å²) in [4.78, 5) is 63.8. The normalized spacial score (nSPS) is 28.1. The number of hydrogen-bond acceptors (Lipinski definition) is 10. The fraction of sp³-hybridized carbons (Fsp3) is 0.726. The minimum absolute atomic E-state index is 0.0534. The summed E-state index contributed by atoms with van der Waals surface area (Å²) in [5, 5.41) is 23.7. The first-order chi connectivity index (χ1) is 35.1. The quantitative estimate of drug-likeness (QED) is 0.0268. The maximum atomic E-state index is 17.5. The number of aliphatic hydroxyl groups is 2. The smallest absolute Gasteiger partial charge is 0.306 e. The molecule has 0 spiro atoms. The highest BCUT2D eigenvalue weighted by molar-refractivity contribution is 6.01. The number of rotatable bonds is 36. The molecule has 10 nitrogen and oxygen atoms in total. The molecule has 0 saturated heterocycles. The van der Waals surface area contributed by atoms with E-state index in [1.54, 1.807) is 26.8 Å². The van der Waals surface area contributed by atoms with Gasteiger partial charge in [-0.1, -0.05) is 152 Å². The van der Waals surface area contributed by atoms with Crippen LogP contribution in [-0.2, 0) is 38.2 Å². The summed E-state index contributed by atoms with van der Waals surface area (Å²) in [5.74, 6) is -3.93. The largest absolute Gasteiger partial charge is 0.466 e. The molecule has 2 N–H and O–H groups in total. The maximum Gasteiger partial charge on any atom is 0.306 e. The molecule has 4 aliphatic carbocycles. The van der Waals surface area contributed by atoms with Crippen molar-refractivity contribution in [2.24, 2.45) is 28.6 Å². The molecule has 0 unspecified atom stereocenters. The molecule has 0 amide bonds. The number of alkyl halides is 1. The monoisotopic (exact) mass is 1020 g/mol. The number of Topliss-reactive ketones (excluding diaryl/α,β-unsaturated/α-hetero) is 1. The molecule has 3 saturated carbocycles. The number of carbonyl (C=O) groups is 5. The van der Waals surface area contributed by atoms with E-state index in [-0.39, 0.29) is 43.7 Å². The van der Waals surface area contributed by atoms with Crippen LogP contribution in [0.25, 0.3) is 0 Å². The van der Waals surface area contributed by atoms with Gasteiger partial charge in [-0.25, -0.2) is 4.39 Å². The number of ketones is 2. The molecule has 4 rings (SSSR count). The Morgan fingerprint density at radius 3 is 2.03 bits per heavy atom. The van der Waals surface area contributed by atoms with Crippen molar-refractivity contribution in [2.75, 3.05) is 13.2 Å². The van der Waals surface area contributed by atoms with Crippen molar-refractivity contribution in [3.63, 3.8) is 0 Å². The first kappa shape index (κ1) is 61.6. The molecule has 4 aliphatic rings. The Balaban J connectivity index is 1.02. The number of hydrogen-bond donors (Lipinski definition) is 2. The zero-order valence-electron chi connectivity index (χ0n) is 45.7. The number of unbranched alkanes of at least 4 members (excludes halogenated alkanes) is 14. The van der Waals surface area contributed by atoms with Crippen molar-refractivity contribution in [1.29, 1.82) is 0 Å². The maximum absolute atomic E-state index is 17.5. The van der Waals surface area contributed by atoms with Crippen LogP contribution in [-0.4, -0.2) is 76.4 Å². The van der Waals surface area contributed by atoms with E-state index in [9.17, 15) is 34.2 Å². The first-order valence-electron chi connectivity index (χ1n) is 28.8. The minimum Gasteiger partial charge on any atom is -0.466 e. The second-order valence-electron chi connectivity index (χ2n) is 22.2. The topological polar surface area (TPSA) is 154 Å². The summed E-state index contributed by atoms with van der Waals surface area (Å²) < 4.78 is 34.1. The average molecular weight is 1020 g/mol. The Labute approximate surface area is 439 Å². The van der Waals surface area contributed by atoms with Gasteiger partial charge in [0.25, 0.3) is 0 Å². The van der Waals surface area contributed by atoms with Gasteiger partial charge in [-0.2, -0.15) is 0 Å². The lowest BCUT2D eigenvalue weighted by molar-refractivity contribution is -0.220. The van der Waals surface area contributed by atoms with Crippen molar-refractivity contribution in [2.45, 2.75) is 244 Å². The van der Waals surface area contributed by atoms with Gasteiger partial charge >= 0.3 is 17.9 Å². The predicted molar refractivity (Wildman–Crippen MR) is 288 cm³/mol. The van der Waals surface area contributed by atoms with E-state index in [0.29, 0.717) is 31.3 Å². The molecule has 0 aromatic rings. The van der Waals surface area contributed by atoms with Gasteiger partial charge in [0, 0.05) is 29.6 Å². The zero-order valence-corrected chi connectivity index (χ0v) is 45.7. The van der Waals surface area contributed by atoms with Gasteiger partial charge in [0.15, 0.2) is 18.1 Å². The molecule has 0 radical (unpaired) electrons. The summed E-state index contributed by atoms with van der Waals surface area (Å²) in [6, 6.07) is 0. The van der Waals surface area contributed by atoms with E-state index in [0.717, 1.165) is 109 Å². The van der Waals surface area contributed by atoms with Crippen LogP contribution >= 0.6 is 0 Å². The molecular weight excluding hydrogens is 924 g/mol. The van der Waals surface area contributed by atoms with E-state index in [4.69, 9.17) is 14.2 Å². The Kier molecular flexibility index (Phi) is 26.8. The summed E-state index contributed by atoms with van der Waals surface area (Å²) in [5.41, 5.74) is -5.76. The third-order valence-corrected chi connectivity index (χ3v) is 16.8. The molecule has 0 aromatic carbocycles. The van der Waals surface area contributed by atoms with E-state index in [1.807, 2.05) is 0 Å². The molecule has 11 heteroatoms. The third kappa shape index (κ3) is 17.5. The number of carbonyl (C=O) groups excluding carboxylic acids is 5. The minimum atomic E-state index is -2.09. The Morgan fingerprint density at radius 2 is 1.34 bits per heavy atom. The lowest BCUT2D eigenvalue weighted by Crippen LogP contribution is -2.69. The summed E-state index contributed by atoms with van der Waals surface area (Å²) in [6.45, 7) is 9.13. The summed E-state index contributed by atoms with van der Waals surface area (Å²) >= 11 is 0. The number of halogens is 1. The molecule has 0 aromatic heterocycles. The highest BCUT2D eigenvalue weighted by atomic mass is 19.1.